The topological polar surface area (TPSA) is 3.24 Å². The highest BCUT2D eigenvalue weighted by molar-refractivity contribution is 5.85. The molecule has 22 heavy (non-hydrogen) atoms. The van der Waals surface area contributed by atoms with Gasteiger partial charge >= 0.3 is 0 Å². The average Bonchev–Trinajstić information content (AvgIpc) is 2.45. The van der Waals surface area contributed by atoms with E-state index in [-0.39, 0.29) is 12.4 Å². The van der Waals surface area contributed by atoms with E-state index in [2.05, 4.69) is 49.3 Å². The molecule has 4 saturated carbocycles. The molecule has 0 amide bonds. The van der Waals surface area contributed by atoms with Gasteiger partial charge in [0, 0.05) is 0 Å². The van der Waals surface area contributed by atoms with Crippen LogP contribution in [0.5, 0.6) is 0 Å². The maximum atomic E-state index is 2.41. The van der Waals surface area contributed by atoms with Crippen LogP contribution in [-0.4, -0.2) is 25.5 Å². The zero-order valence-electron chi connectivity index (χ0n) is 14.0. The third-order valence-corrected chi connectivity index (χ3v) is 6.68. The molecule has 3 atom stereocenters. The van der Waals surface area contributed by atoms with E-state index in [9.17, 15) is 0 Å². The molecule has 4 aliphatic rings. The van der Waals surface area contributed by atoms with E-state index in [1.807, 2.05) is 0 Å². The molecular weight excluding hydrogens is 290 g/mol. The number of halogens is 1. The van der Waals surface area contributed by atoms with Crippen molar-refractivity contribution < 1.29 is 0 Å². The molecule has 4 bridgehead atoms. The lowest BCUT2D eigenvalue weighted by atomic mass is 9.43. The van der Waals surface area contributed by atoms with Crippen LogP contribution in [-0.2, 0) is 0 Å². The van der Waals surface area contributed by atoms with Gasteiger partial charge in [-0.25, -0.2) is 0 Å². The van der Waals surface area contributed by atoms with Crippen molar-refractivity contribution in [1.82, 2.24) is 4.90 Å². The summed E-state index contributed by atoms with van der Waals surface area (Å²) in [6.07, 6.45) is 8.99. The SMILES string of the molecule is CN(C)CCC12CC3CC(CC(C3)C1c1ccccc1)C2.Cl. The second-order valence-corrected chi connectivity index (χ2v) is 8.41. The first kappa shape index (κ1) is 16.3. The van der Waals surface area contributed by atoms with Crippen LogP contribution in [0.4, 0.5) is 0 Å². The van der Waals surface area contributed by atoms with Crippen LogP contribution in [0.2, 0.25) is 0 Å². The molecule has 2 heteroatoms. The van der Waals surface area contributed by atoms with Crippen LogP contribution in [0.1, 0.15) is 50.0 Å². The average molecular weight is 320 g/mol. The number of hydrogen-bond acceptors (Lipinski definition) is 1. The van der Waals surface area contributed by atoms with Gasteiger partial charge in [-0.15, -0.1) is 12.4 Å². The van der Waals surface area contributed by atoms with Gasteiger partial charge in [0.15, 0.2) is 0 Å². The van der Waals surface area contributed by atoms with Gasteiger partial charge in [0.05, 0.1) is 0 Å². The van der Waals surface area contributed by atoms with Crippen molar-refractivity contribution in [2.45, 2.75) is 44.4 Å². The molecule has 0 heterocycles. The lowest BCUT2D eigenvalue weighted by Crippen LogP contribution is -2.52. The number of benzene rings is 1. The predicted octanol–water partition coefficient (Wildman–Crippen LogP) is 4.97. The van der Waals surface area contributed by atoms with Crippen LogP contribution >= 0.6 is 12.4 Å². The van der Waals surface area contributed by atoms with Crippen molar-refractivity contribution in [3.8, 4) is 0 Å². The molecule has 0 aliphatic heterocycles. The van der Waals surface area contributed by atoms with Crippen LogP contribution in [0.25, 0.3) is 0 Å². The number of hydrogen-bond donors (Lipinski definition) is 0. The first-order valence-corrected chi connectivity index (χ1v) is 8.86. The van der Waals surface area contributed by atoms with E-state index in [4.69, 9.17) is 0 Å². The van der Waals surface area contributed by atoms with Crippen LogP contribution < -0.4 is 0 Å². The molecule has 0 radical (unpaired) electrons. The van der Waals surface area contributed by atoms with Crippen molar-refractivity contribution in [3.63, 3.8) is 0 Å². The second-order valence-electron chi connectivity index (χ2n) is 8.41. The fourth-order valence-electron chi connectivity index (χ4n) is 6.30. The van der Waals surface area contributed by atoms with Gasteiger partial charge in [0.2, 0.25) is 0 Å². The minimum Gasteiger partial charge on any atom is -0.309 e. The highest BCUT2D eigenvalue weighted by atomic mass is 35.5. The Kier molecular flexibility index (Phi) is 4.58. The summed E-state index contributed by atoms with van der Waals surface area (Å²) in [5.74, 6) is 3.90. The van der Waals surface area contributed by atoms with Gasteiger partial charge in [-0.05, 0) is 93.8 Å². The zero-order valence-corrected chi connectivity index (χ0v) is 14.8. The summed E-state index contributed by atoms with van der Waals surface area (Å²) in [4.78, 5) is 2.39. The van der Waals surface area contributed by atoms with E-state index in [1.54, 1.807) is 12.0 Å². The predicted molar refractivity (Wildman–Crippen MR) is 95.6 cm³/mol. The summed E-state index contributed by atoms with van der Waals surface area (Å²) in [5.41, 5.74) is 2.25. The Morgan fingerprint density at radius 1 is 1.00 bits per heavy atom. The Labute approximate surface area is 141 Å². The molecule has 4 fully saturated rings. The monoisotopic (exact) mass is 319 g/mol. The Balaban J connectivity index is 0.00000144. The third kappa shape index (κ3) is 2.71. The second kappa shape index (κ2) is 6.17. The van der Waals surface area contributed by atoms with Crippen molar-refractivity contribution >= 4 is 12.4 Å². The minimum atomic E-state index is 0. The highest BCUT2D eigenvalue weighted by Gasteiger charge is 2.56. The molecule has 3 unspecified atom stereocenters. The summed E-state index contributed by atoms with van der Waals surface area (Å²) in [5, 5.41) is 0. The molecule has 0 N–H and O–H groups in total. The van der Waals surface area contributed by atoms with Gasteiger partial charge in [-0.1, -0.05) is 30.3 Å². The molecule has 0 spiro atoms. The van der Waals surface area contributed by atoms with E-state index >= 15 is 0 Å². The van der Waals surface area contributed by atoms with Gasteiger partial charge in [0.1, 0.15) is 0 Å². The summed E-state index contributed by atoms with van der Waals surface area (Å²) >= 11 is 0. The minimum absolute atomic E-state index is 0. The van der Waals surface area contributed by atoms with E-state index < -0.39 is 0 Å². The normalized spacial score (nSPS) is 39.0. The molecule has 1 nitrogen and oxygen atoms in total. The molecule has 5 rings (SSSR count). The highest BCUT2D eigenvalue weighted by Crippen LogP contribution is 2.67. The fraction of sp³-hybridized carbons (Fsp3) is 0.700. The fourth-order valence-corrected chi connectivity index (χ4v) is 6.30. The van der Waals surface area contributed by atoms with Crippen molar-refractivity contribution in [2.24, 2.45) is 23.2 Å². The Bertz CT molecular complexity index is 484. The van der Waals surface area contributed by atoms with Crippen molar-refractivity contribution in [2.75, 3.05) is 20.6 Å². The molecule has 1 aromatic rings. The summed E-state index contributed by atoms with van der Waals surface area (Å²) in [6.45, 7) is 1.26. The van der Waals surface area contributed by atoms with Crippen molar-refractivity contribution in [1.29, 1.82) is 0 Å². The van der Waals surface area contributed by atoms with Crippen LogP contribution in [0, 0.1) is 23.2 Å². The molecule has 1 aromatic carbocycles. The van der Waals surface area contributed by atoms with E-state index in [0.29, 0.717) is 5.41 Å². The van der Waals surface area contributed by atoms with Gasteiger partial charge in [-0.3, -0.25) is 0 Å². The van der Waals surface area contributed by atoms with Gasteiger partial charge in [0.25, 0.3) is 0 Å². The number of rotatable bonds is 4. The smallest absolute Gasteiger partial charge is 0.00193 e. The first-order valence-electron chi connectivity index (χ1n) is 8.86. The Morgan fingerprint density at radius 2 is 1.64 bits per heavy atom. The molecule has 4 aliphatic carbocycles. The standard InChI is InChI=1S/C20H29N.ClH/c1-21(2)9-8-20-13-15-10-16(14-20)12-18(11-15)19(20)17-6-4-3-5-7-17;/h3-7,15-16,18-19H,8-14H2,1-2H3;1H. The van der Waals surface area contributed by atoms with E-state index in [0.717, 1.165) is 23.7 Å². The zero-order chi connectivity index (χ0) is 14.4. The van der Waals surface area contributed by atoms with Gasteiger partial charge < -0.3 is 4.90 Å². The molecule has 0 aromatic heterocycles. The van der Waals surface area contributed by atoms with Crippen LogP contribution in [0.3, 0.4) is 0 Å². The molecule has 122 valence electrons. The summed E-state index contributed by atoms with van der Waals surface area (Å²) < 4.78 is 0. The Morgan fingerprint density at radius 3 is 2.23 bits per heavy atom. The van der Waals surface area contributed by atoms with Gasteiger partial charge in [-0.2, -0.15) is 0 Å². The maximum absolute atomic E-state index is 2.41. The Hall–Kier alpha value is -0.530. The number of nitrogens with zero attached hydrogens (tertiary/aromatic N) is 1. The third-order valence-electron chi connectivity index (χ3n) is 6.68. The van der Waals surface area contributed by atoms with Crippen molar-refractivity contribution in [3.05, 3.63) is 35.9 Å². The van der Waals surface area contributed by atoms with Crippen LogP contribution in [0.15, 0.2) is 30.3 Å². The summed E-state index contributed by atoms with van der Waals surface area (Å²) in [6, 6.07) is 11.5. The molecule has 0 saturated heterocycles. The lowest BCUT2D eigenvalue weighted by molar-refractivity contribution is -0.0822. The molecular formula is C20H30ClN. The first-order chi connectivity index (χ1) is 10.2. The largest absolute Gasteiger partial charge is 0.309 e. The van der Waals surface area contributed by atoms with E-state index in [1.165, 1.54) is 38.6 Å². The lowest BCUT2D eigenvalue weighted by Gasteiger charge is -2.62. The quantitative estimate of drug-likeness (QED) is 0.757. The summed E-state index contributed by atoms with van der Waals surface area (Å²) in [7, 11) is 4.47. The maximum Gasteiger partial charge on any atom is -0.00193 e.